The Hall–Kier alpha value is -6.13. The van der Waals surface area contributed by atoms with E-state index in [0.717, 1.165) is 34.0 Å². The summed E-state index contributed by atoms with van der Waals surface area (Å²) in [6, 6.07) is 48.6. The van der Waals surface area contributed by atoms with Gasteiger partial charge >= 0.3 is 13.7 Å². The molecule has 0 amide bonds. The lowest BCUT2D eigenvalue weighted by Gasteiger charge is -2.39. The fraction of sp³-hybridized carbons (Fsp3) is 0. The first-order valence-electron chi connectivity index (χ1n) is 16.7. The van der Waals surface area contributed by atoms with Gasteiger partial charge in [0, 0.05) is 71.2 Å². The van der Waals surface area contributed by atoms with E-state index in [1.54, 1.807) is 0 Å². The molecular weight excluding hydrogens is 586 g/mol. The summed E-state index contributed by atoms with van der Waals surface area (Å²) in [5, 5.41) is 5.09. The van der Waals surface area contributed by atoms with Crippen LogP contribution in [0.4, 0.5) is 0 Å². The van der Waals surface area contributed by atoms with Gasteiger partial charge in [-0.3, -0.25) is 0 Å². The molecule has 0 aliphatic carbocycles. The van der Waals surface area contributed by atoms with E-state index in [1.807, 2.05) is 0 Å². The predicted octanol–water partition coefficient (Wildman–Crippen LogP) is 7.38. The van der Waals surface area contributed by atoms with Crippen LogP contribution < -0.4 is 31.3 Å². The molecule has 218 valence electrons. The number of para-hydroxylation sites is 5. The van der Waals surface area contributed by atoms with Gasteiger partial charge in [-0.05, 0) is 46.8 Å². The first-order chi connectivity index (χ1) is 23.8. The van der Waals surface area contributed by atoms with Crippen LogP contribution in [0.5, 0.6) is 23.0 Å². The Kier molecular flexibility index (Phi) is 4.04. The molecule has 0 N–H and O–H groups in total. The summed E-state index contributed by atoms with van der Waals surface area (Å²) >= 11 is 0. The van der Waals surface area contributed by atoms with E-state index in [1.165, 1.54) is 76.7 Å². The van der Waals surface area contributed by atoms with Crippen molar-refractivity contribution < 1.29 is 9.47 Å². The number of aromatic nitrogens is 2. The zero-order chi connectivity index (χ0) is 30.8. The standard InChI is InChI=1S/C42H22B2N2O2/c1-4-18-32-23(10-1)26-13-7-15-28-25-12-9-21-35-38(25)44(45(32)40(26)28)31-22-36-39-37(42(31)48-35)29-16-8-14-27-24-11-2-5-19-33(24)46(41(27)29)43(39)30-17-3-6-20-34(30)47-36/h1-22H. The number of ether oxygens (including phenoxy) is 2. The third-order valence-corrected chi connectivity index (χ3v) is 11.4. The average Bonchev–Trinajstić information content (AvgIpc) is 3.66. The van der Waals surface area contributed by atoms with E-state index >= 15 is 0 Å². The van der Waals surface area contributed by atoms with Crippen LogP contribution in [0.3, 0.4) is 0 Å². The Morgan fingerprint density at radius 2 is 1.00 bits per heavy atom. The lowest BCUT2D eigenvalue weighted by atomic mass is 9.42. The van der Waals surface area contributed by atoms with Crippen molar-refractivity contribution in [1.29, 1.82) is 0 Å². The molecule has 7 aromatic carbocycles. The fourth-order valence-corrected chi connectivity index (χ4v) is 9.70. The Morgan fingerprint density at radius 3 is 1.79 bits per heavy atom. The highest BCUT2D eigenvalue weighted by Crippen LogP contribution is 2.49. The maximum atomic E-state index is 7.22. The summed E-state index contributed by atoms with van der Waals surface area (Å²) < 4.78 is 19.3. The summed E-state index contributed by atoms with van der Waals surface area (Å²) in [5.41, 5.74) is 14.5. The van der Waals surface area contributed by atoms with Crippen LogP contribution in [-0.4, -0.2) is 22.7 Å². The average molecular weight is 608 g/mol. The number of benzene rings is 7. The molecule has 2 aromatic heterocycles. The number of hydrogen-bond acceptors (Lipinski definition) is 2. The summed E-state index contributed by atoms with van der Waals surface area (Å²) in [5.74, 6) is 3.68. The van der Waals surface area contributed by atoms with E-state index in [0.29, 0.717) is 0 Å². The molecule has 0 bridgehead atoms. The second-order valence-corrected chi connectivity index (χ2v) is 13.5. The van der Waals surface area contributed by atoms with Gasteiger partial charge in [0.2, 0.25) is 0 Å². The first-order valence-corrected chi connectivity index (χ1v) is 16.7. The topological polar surface area (TPSA) is 28.3 Å². The molecule has 4 aliphatic rings. The van der Waals surface area contributed by atoms with Crippen LogP contribution in [-0.2, 0) is 0 Å². The van der Waals surface area contributed by atoms with Gasteiger partial charge in [-0.25, -0.2) is 0 Å². The fourth-order valence-electron chi connectivity index (χ4n) is 9.70. The highest BCUT2D eigenvalue weighted by atomic mass is 16.5. The van der Waals surface area contributed by atoms with Crippen molar-refractivity contribution in [3.8, 4) is 45.3 Å². The lowest BCUT2D eigenvalue weighted by molar-refractivity contribution is 0.476. The summed E-state index contributed by atoms with van der Waals surface area (Å²) in [7, 11) is 0. The molecule has 0 saturated carbocycles. The van der Waals surface area contributed by atoms with E-state index in [4.69, 9.17) is 9.47 Å². The highest BCUT2D eigenvalue weighted by Gasteiger charge is 2.48. The quantitative estimate of drug-likeness (QED) is 0.168. The molecule has 4 nitrogen and oxygen atoms in total. The summed E-state index contributed by atoms with van der Waals surface area (Å²) in [4.78, 5) is 0. The van der Waals surface area contributed by atoms with Crippen LogP contribution in [0.2, 0.25) is 0 Å². The van der Waals surface area contributed by atoms with Gasteiger partial charge in [-0.1, -0.05) is 103 Å². The molecule has 0 fully saturated rings. The van der Waals surface area contributed by atoms with Crippen LogP contribution in [0, 0.1) is 0 Å². The Labute approximate surface area is 275 Å². The summed E-state index contributed by atoms with van der Waals surface area (Å²) in [6.45, 7) is -0.130. The van der Waals surface area contributed by atoms with Gasteiger partial charge in [0.15, 0.2) is 0 Å². The van der Waals surface area contributed by atoms with Crippen molar-refractivity contribution in [2.75, 3.05) is 0 Å². The number of nitrogens with zero attached hydrogens (tertiary/aromatic N) is 2. The SMILES string of the molecule is c1ccc2c(c1)Oc1cc3c(c4c1B2n1c2ccccc2c2cccc-4c21)Oc1cccc2c1B3n1c3ccccc3c3cccc-2c31. The van der Waals surface area contributed by atoms with Crippen molar-refractivity contribution in [2.45, 2.75) is 0 Å². The van der Waals surface area contributed by atoms with Gasteiger partial charge in [-0.15, -0.1) is 0 Å². The van der Waals surface area contributed by atoms with Crippen LogP contribution in [0.25, 0.3) is 65.9 Å². The largest absolute Gasteiger partial charge is 0.458 e. The van der Waals surface area contributed by atoms with E-state index in [-0.39, 0.29) is 13.7 Å². The third-order valence-electron chi connectivity index (χ3n) is 11.4. The normalized spacial score (nSPS) is 14.1. The van der Waals surface area contributed by atoms with Crippen molar-refractivity contribution >= 4 is 79.2 Å². The van der Waals surface area contributed by atoms with E-state index in [9.17, 15) is 0 Å². The maximum Gasteiger partial charge on any atom is 0.336 e. The minimum absolute atomic E-state index is 0.0509. The molecule has 0 unspecified atom stereocenters. The van der Waals surface area contributed by atoms with E-state index in [2.05, 4.69) is 142 Å². The zero-order valence-corrected chi connectivity index (χ0v) is 25.6. The Morgan fingerprint density at radius 1 is 0.417 bits per heavy atom. The first kappa shape index (κ1) is 24.1. The van der Waals surface area contributed by atoms with Crippen LogP contribution in [0.15, 0.2) is 133 Å². The lowest BCUT2D eigenvalue weighted by Crippen LogP contribution is -2.58. The molecule has 0 radical (unpaired) electrons. The molecule has 6 heterocycles. The van der Waals surface area contributed by atoms with Gasteiger partial charge in [0.05, 0.1) is 0 Å². The second-order valence-electron chi connectivity index (χ2n) is 13.5. The van der Waals surface area contributed by atoms with Crippen molar-refractivity contribution in [3.05, 3.63) is 133 Å². The highest BCUT2D eigenvalue weighted by molar-refractivity contribution is 6.91. The van der Waals surface area contributed by atoms with Crippen molar-refractivity contribution in [3.63, 3.8) is 0 Å². The monoisotopic (exact) mass is 608 g/mol. The van der Waals surface area contributed by atoms with Crippen molar-refractivity contribution in [1.82, 2.24) is 8.96 Å². The molecule has 4 aliphatic heterocycles. The molecule has 0 spiro atoms. The molecule has 0 saturated heterocycles. The minimum atomic E-state index is -0.0787. The second kappa shape index (κ2) is 8.04. The Balaban J connectivity index is 1.23. The molecule has 6 heteroatoms. The minimum Gasteiger partial charge on any atom is -0.458 e. The number of rotatable bonds is 0. The van der Waals surface area contributed by atoms with E-state index < -0.39 is 0 Å². The van der Waals surface area contributed by atoms with Crippen molar-refractivity contribution in [2.24, 2.45) is 0 Å². The smallest absolute Gasteiger partial charge is 0.336 e. The van der Waals surface area contributed by atoms with Gasteiger partial charge in [0.1, 0.15) is 23.0 Å². The van der Waals surface area contributed by atoms with Crippen LogP contribution >= 0.6 is 0 Å². The summed E-state index contributed by atoms with van der Waals surface area (Å²) in [6.07, 6.45) is 0. The van der Waals surface area contributed by atoms with Gasteiger partial charge in [-0.2, -0.15) is 0 Å². The van der Waals surface area contributed by atoms with Gasteiger partial charge in [0.25, 0.3) is 0 Å². The Bertz CT molecular complexity index is 2990. The predicted molar refractivity (Wildman–Crippen MR) is 197 cm³/mol. The molecule has 13 rings (SSSR count). The number of hydrogen-bond donors (Lipinski definition) is 0. The molecular formula is C42H22B2N2O2. The van der Waals surface area contributed by atoms with Gasteiger partial charge < -0.3 is 18.4 Å². The number of fused-ring (bicyclic) bond motifs is 15. The third kappa shape index (κ3) is 2.58. The zero-order valence-electron chi connectivity index (χ0n) is 25.6. The maximum absolute atomic E-state index is 7.22. The van der Waals surface area contributed by atoms with Crippen LogP contribution in [0.1, 0.15) is 0 Å². The molecule has 9 aromatic rings. The molecule has 48 heavy (non-hydrogen) atoms. The molecule has 0 atom stereocenters.